The van der Waals surface area contributed by atoms with Gasteiger partial charge in [0.05, 0.1) is 33.9 Å². The Morgan fingerprint density at radius 2 is 1.82 bits per heavy atom. The number of carbonyl (C=O) groups excluding carboxylic acids is 2. The number of benzene rings is 2. The van der Waals surface area contributed by atoms with Crippen molar-refractivity contribution in [3.05, 3.63) is 81.0 Å². The first-order valence-electron chi connectivity index (χ1n) is 9.01. The molecular formula is C21H19Cl2N3O2. The summed E-state index contributed by atoms with van der Waals surface area (Å²) in [5.41, 5.74) is 3.06. The van der Waals surface area contributed by atoms with E-state index in [0.717, 1.165) is 12.0 Å². The molecular weight excluding hydrogens is 397 g/mol. The molecule has 0 aliphatic carbocycles. The predicted octanol–water partition coefficient (Wildman–Crippen LogP) is 4.03. The van der Waals surface area contributed by atoms with E-state index < -0.39 is 6.04 Å². The first-order chi connectivity index (χ1) is 13.5. The lowest BCUT2D eigenvalue weighted by atomic mass is 9.95. The summed E-state index contributed by atoms with van der Waals surface area (Å²) in [5.74, 6) is -0.0844. The van der Waals surface area contributed by atoms with Crippen LogP contribution in [-0.4, -0.2) is 41.9 Å². The monoisotopic (exact) mass is 415 g/mol. The summed E-state index contributed by atoms with van der Waals surface area (Å²) in [6, 6.07) is 14.4. The molecule has 1 atom stereocenters. The van der Waals surface area contributed by atoms with Crippen molar-refractivity contribution in [1.29, 1.82) is 0 Å². The van der Waals surface area contributed by atoms with E-state index in [0.29, 0.717) is 40.0 Å². The van der Waals surface area contributed by atoms with Gasteiger partial charge in [0.1, 0.15) is 0 Å². The maximum absolute atomic E-state index is 13.2. The summed E-state index contributed by atoms with van der Waals surface area (Å²) in [6.45, 7) is 0.980. The van der Waals surface area contributed by atoms with Gasteiger partial charge in [0.25, 0.3) is 5.91 Å². The lowest BCUT2D eigenvalue weighted by Gasteiger charge is -2.31. The minimum atomic E-state index is -0.612. The SMILES string of the molecule is CN1C(=O)N[C@H](c2cccc(Cl)c2Cl)C2=C1CN(CCc1ccccc1)C2=O. The third-order valence-corrected chi connectivity index (χ3v) is 6.07. The van der Waals surface area contributed by atoms with Gasteiger partial charge in [0.2, 0.25) is 0 Å². The molecule has 3 amide bonds. The summed E-state index contributed by atoms with van der Waals surface area (Å²) in [5, 5.41) is 3.62. The minimum Gasteiger partial charge on any atom is -0.333 e. The second kappa shape index (κ2) is 7.49. The number of hydrogen-bond donors (Lipinski definition) is 1. The van der Waals surface area contributed by atoms with Gasteiger partial charge in [-0.15, -0.1) is 0 Å². The van der Waals surface area contributed by atoms with E-state index in [9.17, 15) is 9.59 Å². The number of nitrogens with one attached hydrogen (secondary N) is 1. The van der Waals surface area contributed by atoms with Crippen molar-refractivity contribution in [2.24, 2.45) is 0 Å². The molecule has 0 fully saturated rings. The zero-order chi connectivity index (χ0) is 19.8. The summed E-state index contributed by atoms with van der Waals surface area (Å²) >= 11 is 12.5. The number of halogens is 2. The highest BCUT2D eigenvalue weighted by atomic mass is 35.5. The quantitative estimate of drug-likeness (QED) is 0.819. The first kappa shape index (κ1) is 18.8. The molecule has 1 N–H and O–H groups in total. The molecule has 0 radical (unpaired) electrons. The van der Waals surface area contributed by atoms with Gasteiger partial charge in [0.15, 0.2) is 0 Å². The maximum atomic E-state index is 13.2. The molecule has 5 nitrogen and oxygen atoms in total. The van der Waals surface area contributed by atoms with E-state index in [4.69, 9.17) is 23.2 Å². The molecule has 0 aromatic heterocycles. The third-order valence-electron chi connectivity index (χ3n) is 5.24. The average molecular weight is 416 g/mol. The molecule has 28 heavy (non-hydrogen) atoms. The van der Waals surface area contributed by atoms with Crippen molar-refractivity contribution in [1.82, 2.24) is 15.1 Å². The van der Waals surface area contributed by atoms with E-state index in [1.807, 2.05) is 30.3 Å². The van der Waals surface area contributed by atoms with Gasteiger partial charge >= 0.3 is 6.03 Å². The van der Waals surface area contributed by atoms with Crippen molar-refractivity contribution in [3.8, 4) is 0 Å². The summed E-state index contributed by atoms with van der Waals surface area (Å²) in [4.78, 5) is 29.0. The Balaban J connectivity index is 1.63. The van der Waals surface area contributed by atoms with Crippen LogP contribution in [0.5, 0.6) is 0 Å². The van der Waals surface area contributed by atoms with Crippen molar-refractivity contribution < 1.29 is 9.59 Å². The molecule has 4 rings (SSSR count). The fourth-order valence-corrected chi connectivity index (χ4v) is 4.11. The van der Waals surface area contributed by atoms with E-state index >= 15 is 0 Å². The molecule has 2 heterocycles. The topological polar surface area (TPSA) is 52.7 Å². The van der Waals surface area contributed by atoms with E-state index in [-0.39, 0.29) is 11.9 Å². The molecule has 0 spiro atoms. The molecule has 2 aromatic carbocycles. The van der Waals surface area contributed by atoms with Crippen LogP contribution in [0.1, 0.15) is 17.2 Å². The highest BCUT2D eigenvalue weighted by Gasteiger charge is 2.43. The Bertz CT molecular complexity index is 975. The largest absolute Gasteiger partial charge is 0.333 e. The summed E-state index contributed by atoms with van der Waals surface area (Å²) < 4.78 is 0. The summed E-state index contributed by atoms with van der Waals surface area (Å²) in [7, 11) is 1.68. The fraction of sp³-hybridized carbons (Fsp3) is 0.238. The van der Waals surface area contributed by atoms with Gasteiger partial charge in [-0.2, -0.15) is 0 Å². The van der Waals surface area contributed by atoms with Crippen LogP contribution in [0, 0.1) is 0 Å². The van der Waals surface area contributed by atoms with Gasteiger partial charge in [-0.25, -0.2) is 4.79 Å². The third kappa shape index (κ3) is 3.25. The molecule has 0 saturated heterocycles. The molecule has 2 aliphatic rings. The molecule has 0 bridgehead atoms. The van der Waals surface area contributed by atoms with Crippen molar-refractivity contribution in [2.45, 2.75) is 12.5 Å². The Hall–Kier alpha value is -2.50. The number of rotatable bonds is 4. The van der Waals surface area contributed by atoms with E-state index in [1.54, 1.807) is 30.1 Å². The minimum absolute atomic E-state index is 0.0844. The molecule has 0 saturated carbocycles. The van der Waals surface area contributed by atoms with Crippen LogP contribution in [0.2, 0.25) is 10.0 Å². The van der Waals surface area contributed by atoms with Gasteiger partial charge in [-0.1, -0.05) is 65.7 Å². The van der Waals surface area contributed by atoms with Crippen LogP contribution in [0.3, 0.4) is 0 Å². The highest BCUT2D eigenvalue weighted by molar-refractivity contribution is 6.42. The molecule has 144 valence electrons. The molecule has 2 aromatic rings. The normalized spacial score (nSPS) is 19.2. The number of nitrogens with zero attached hydrogens (tertiary/aromatic N) is 2. The lowest BCUT2D eigenvalue weighted by molar-refractivity contribution is -0.125. The predicted molar refractivity (Wildman–Crippen MR) is 109 cm³/mol. The molecule has 7 heteroatoms. The van der Waals surface area contributed by atoms with Crippen molar-refractivity contribution in [2.75, 3.05) is 20.1 Å². The summed E-state index contributed by atoms with van der Waals surface area (Å²) in [6.07, 6.45) is 0.751. The smallest absolute Gasteiger partial charge is 0.322 e. The second-order valence-electron chi connectivity index (χ2n) is 6.91. The van der Waals surface area contributed by atoms with Gasteiger partial charge in [-0.05, 0) is 23.6 Å². The number of urea groups is 1. The van der Waals surface area contributed by atoms with Gasteiger partial charge in [0, 0.05) is 13.6 Å². The van der Waals surface area contributed by atoms with Crippen LogP contribution in [0.15, 0.2) is 59.8 Å². The standard InChI is InChI=1S/C21H19Cl2N3O2/c1-25-16-12-26(11-10-13-6-3-2-4-7-13)20(27)17(16)19(24-21(25)28)14-8-5-9-15(22)18(14)23/h2-9,19H,10-12H2,1H3,(H,24,28)/t19-/m1/s1. The Labute approximate surface area is 173 Å². The van der Waals surface area contributed by atoms with Gasteiger partial charge < -0.3 is 10.2 Å². The number of hydrogen-bond acceptors (Lipinski definition) is 2. The van der Waals surface area contributed by atoms with Crippen LogP contribution in [-0.2, 0) is 11.2 Å². The van der Waals surface area contributed by atoms with E-state index in [2.05, 4.69) is 5.32 Å². The second-order valence-corrected chi connectivity index (χ2v) is 7.69. The Kier molecular flexibility index (Phi) is 5.04. The van der Waals surface area contributed by atoms with E-state index in [1.165, 1.54) is 4.90 Å². The first-order valence-corrected chi connectivity index (χ1v) is 9.77. The zero-order valence-corrected chi connectivity index (χ0v) is 16.8. The van der Waals surface area contributed by atoms with Crippen LogP contribution in [0.25, 0.3) is 0 Å². The van der Waals surface area contributed by atoms with Gasteiger partial charge in [-0.3, -0.25) is 9.69 Å². The van der Waals surface area contributed by atoms with Crippen LogP contribution < -0.4 is 5.32 Å². The fourth-order valence-electron chi connectivity index (χ4n) is 3.69. The maximum Gasteiger partial charge on any atom is 0.322 e. The van der Waals surface area contributed by atoms with Crippen LogP contribution >= 0.6 is 23.2 Å². The average Bonchev–Trinajstić information content (AvgIpc) is 3.03. The highest BCUT2D eigenvalue weighted by Crippen LogP contribution is 2.39. The van der Waals surface area contributed by atoms with Crippen LogP contribution in [0.4, 0.5) is 4.79 Å². The number of carbonyl (C=O) groups is 2. The molecule has 0 unspecified atom stereocenters. The zero-order valence-electron chi connectivity index (χ0n) is 15.3. The molecule has 2 aliphatic heterocycles. The van der Waals surface area contributed by atoms with Crippen molar-refractivity contribution >= 4 is 35.1 Å². The number of amides is 3. The lowest BCUT2D eigenvalue weighted by Crippen LogP contribution is -2.45. The number of likely N-dealkylation sites (N-methyl/N-ethyl adjacent to an activating group) is 1. The Morgan fingerprint density at radius 1 is 1.07 bits per heavy atom. The Morgan fingerprint density at radius 3 is 2.57 bits per heavy atom. The van der Waals surface area contributed by atoms with Crippen molar-refractivity contribution in [3.63, 3.8) is 0 Å².